The number of benzene rings is 4. The first-order chi connectivity index (χ1) is 18.6. The molecule has 39 heavy (non-hydrogen) atoms. The van der Waals surface area contributed by atoms with Crippen LogP contribution in [0, 0.1) is 5.82 Å². The minimum Gasteiger partial charge on any atom is -0.506 e. The Hall–Kier alpha value is -4.06. The molecule has 4 aromatic carbocycles. The van der Waals surface area contributed by atoms with E-state index in [2.05, 4.69) is 15.0 Å². The third-order valence-electron chi connectivity index (χ3n) is 5.28. The molecule has 0 unspecified atom stereocenters. The van der Waals surface area contributed by atoms with Crippen LogP contribution in [-0.2, 0) is 15.8 Å². The summed E-state index contributed by atoms with van der Waals surface area (Å²) in [6.45, 7) is 0. The van der Waals surface area contributed by atoms with Crippen LogP contribution in [0.1, 0.15) is 15.9 Å². The highest BCUT2D eigenvalue weighted by Gasteiger charge is 2.24. The lowest BCUT2D eigenvalue weighted by Crippen LogP contribution is -2.24. The highest BCUT2D eigenvalue weighted by molar-refractivity contribution is 7.99. The average molecular weight is 585 g/mol. The van der Waals surface area contributed by atoms with E-state index in [1.54, 1.807) is 12.1 Å². The van der Waals surface area contributed by atoms with Crippen LogP contribution < -0.4 is 16.4 Å². The lowest BCUT2D eigenvalue weighted by Gasteiger charge is -2.13. The zero-order valence-electron chi connectivity index (χ0n) is 20.1. The molecule has 4 aromatic rings. The molecule has 1 amide bonds. The first kappa shape index (κ1) is 28.0. The zero-order chi connectivity index (χ0) is 28.0. The quantitative estimate of drug-likeness (QED) is 0.0884. The van der Waals surface area contributed by atoms with Gasteiger partial charge < -0.3 is 21.5 Å². The fourth-order valence-electron chi connectivity index (χ4n) is 3.41. The fraction of sp³-hybridized carbons (Fsp3) is 0.0370. The number of halogens is 2. The van der Waals surface area contributed by atoms with Crippen LogP contribution in [0.3, 0.4) is 0 Å². The standard InChI is InChI=1S/C27H22ClFN4O4S2/c28-21-15-24(38-16-17-6-2-1-3-7-17)25(14-20(21)26(35)31-19-12-10-18(29)11-13-19)39(36,37)33-27(30)32-22-8-4-5-9-23(22)34/h1-15,34H,16H2,(H,31,35)(H3,30,32,33). The summed E-state index contributed by atoms with van der Waals surface area (Å²) in [6.07, 6.45) is 0. The Morgan fingerprint density at radius 3 is 2.33 bits per heavy atom. The van der Waals surface area contributed by atoms with E-state index in [9.17, 15) is 22.7 Å². The minimum atomic E-state index is -4.47. The van der Waals surface area contributed by atoms with E-state index in [4.69, 9.17) is 17.3 Å². The van der Waals surface area contributed by atoms with Gasteiger partial charge in [0.25, 0.3) is 15.9 Å². The number of aromatic hydroxyl groups is 1. The molecule has 0 aliphatic carbocycles. The number of phenols is 1. The summed E-state index contributed by atoms with van der Waals surface area (Å²) in [6, 6.07) is 23.0. The molecular formula is C27H22ClFN4O4S2. The molecule has 200 valence electrons. The molecule has 4 rings (SSSR count). The van der Waals surface area contributed by atoms with E-state index in [-0.39, 0.29) is 31.8 Å². The number of carbonyl (C=O) groups is 1. The van der Waals surface area contributed by atoms with Gasteiger partial charge in [0, 0.05) is 16.3 Å². The van der Waals surface area contributed by atoms with Crippen LogP contribution in [-0.4, -0.2) is 25.4 Å². The highest BCUT2D eigenvalue weighted by Crippen LogP contribution is 2.35. The van der Waals surface area contributed by atoms with Crippen LogP contribution in [0.4, 0.5) is 15.8 Å². The topological polar surface area (TPSA) is 134 Å². The molecule has 0 bridgehead atoms. The maximum atomic E-state index is 13.4. The number of nitrogens with zero attached hydrogens (tertiary/aromatic N) is 1. The van der Waals surface area contributed by atoms with Crippen molar-refractivity contribution in [2.75, 3.05) is 10.6 Å². The molecule has 0 heterocycles. The van der Waals surface area contributed by atoms with Crippen LogP contribution in [0.25, 0.3) is 0 Å². The molecule has 12 heteroatoms. The first-order valence-corrected chi connectivity index (χ1v) is 14.2. The van der Waals surface area contributed by atoms with Crippen LogP contribution in [0.5, 0.6) is 5.75 Å². The van der Waals surface area contributed by atoms with Crippen molar-refractivity contribution in [1.82, 2.24) is 0 Å². The fourth-order valence-corrected chi connectivity index (χ4v) is 6.12. The van der Waals surface area contributed by atoms with E-state index in [1.807, 2.05) is 30.3 Å². The van der Waals surface area contributed by atoms with E-state index in [1.165, 1.54) is 54.2 Å². The first-order valence-electron chi connectivity index (χ1n) is 11.3. The van der Waals surface area contributed by atoms with Crippen molar-refractivity contribution in [3.8, 4) is 5.75 Å². The number of phenolic OH excluding ortho intramolecular Hbond substituents is 1. The van der Waals surface area contributed by atoms with Gasteiger partial charge in [-0.15, -0.1) is 16.2 Å². The van der Waals surface area contributed by atoms with Gasteiger partial charge >= 0.3 is 0 Å². The smallest absolute Gasteiger partial charge is 0.286 e. The van der Waals surface area contributed by atoms with Crippen molar-refractivity contribution in [2.24, 2.45) is 10.1 Å². The molecule has 0 saturated carbocycles. The van der Waals surface area contributed by atoms with E-state index < -0.39 is 27.7 Å². The summed E-state index contributed by atoms with van der Waals surface area (Å²) in [7, 11) is -4.47. The molecule has 0 aromatic heterocycles. The summed E-state index contributed by atoms with van der Waals surface area (Å²) in [4.78, 5) is 13.0. The Morgan fingerprint density at radius 1 is 0.974 bits per heavy atom. The number of guanidine groups is 1. The lowest BCUT2D eigenvalue weighted by atomic mass is 10.2. The third kappa shape index (κ3) is 7.29. The second-order valence-corrected chi connectivity index (χ2v) is 11.1. The molecule has 0 saturated heterocycles. The Bertz CT molecular complexity index is 1630. The van der Waals surface area contributed by atoms with Crippen LogP contribution in [0.15, 0.2) is 105 Å². The van der Waals surface area contributed by atoms with Crippen molar-refractivity contribution in [1.29, 1.82) is 0 Å². The van der Waals surface area contributed by atoms with Crippen molar-refractivity contribution in [3.63, 3.8) is 0 Å². The van der Waals surface area contributed by atoms with Gasteiger partial charge in [0.1, 0.15) is 16.5 Å². The molecule has 0 aliphatic heterocycles. The number of hydrogen-bond donors (Lipinski definition) is 4. The van der Waals surface area contributed by atoms with Crippen LogP contribution >= 0.6 is 23.4 Å². The number of rotatable bonds is 8. The Kier molecular flexibility index (Phi) is 8.75. The van der Waals surface area contributed by atoms with Crippen molar-refractivity contribution in [2.45, 2.75) is 15.5 Å². The number of nitrogens with one attached hydrogen (secondary N) is 2. The number of thioether (sulfide) groups is 1. The predicted octanol–water partition coefficient (Wildman–Crippen LogP) is 5.84. The largest absolute Gasteiger partial charge is 0.506 e. The SMILES string of the molecule is N/C(=N/S(=O)(=O)c1cc(C(=O)Nc2ccc(F)cc2)c(Cl)cc1SCc1ccccc1)Nc1ccccc1O. The normalized spacial score (nSPS) is 11.7. The molecule has 0 spiro atoms. The second kappa shape index (κ2) is 12.2. The number of carbonyl (C=O) groups excluding carboxylic acids is 1. The molecule has 0 atom stereocenters. The predicted molar refractivity (Wildman–Crippen MR) is 152 cm³/mol. The summed E-state index contributed by atoms with van der Waals surface area (Å²) < 4.78 is 43.8. The van der Waals surface area contributed by atoms with E-state index in [0.717, 1.165) is 11.6 Å². The summed E-state index contributed by atoms with van der Waals surface area (Å²) in [5.41, 5.74) is 7.11. The monoisotopic (exact) mass is 584 g/mol. The molecule has 0 aliphatic rings. The second-order valence-electron chi connectivity index (χ2n) is 8.11. The lowest BCUT2D eigenvalue weighted by molar-refractivity contribution is 0.102. The summed E-state index contributed by atoms with van der Waals surface area (Å²) in [5.74, 6) is -1.42. The number of amides is 1. The summed E-state index contributed by atoms with van der Waals surface area (Å²) in [5, 5.41) is 15.1. The maximum absolute atomic E-state index is 13.4. The van der Waals surface area contributed by atoms with E-state index >= 15 is 0 Å². The van der Waals surface area contributed by atoms with Gasteiger partial charge in [0.05, 0.1) is 16.3 Å². The van der Waals surface area contributed by atoms with Crippen molar-refractivity contribution in [3.05, 3.63) is 113 Å². The average Bonchev–Trinajstić information content (AvgIpc) is 2.90. The van der Waals surface area contributed by atoms with Gasteiger partial charge in [0.15, 0.2) is 0 Å². The summed E-state index contributed by atoms with van der Waals surface area (Å²) >= 11 is 7.61. The zero-order valence-corrected chi connectivity index (χ0v) is 22.5. The van der Waals surface area contributed by atoms with Gasteiger partial charge in [-0.05, 0) is 54.1 Å². The Labute approximate surface area is 233 Å². The van der Waals surface area contributed by atoms with Crippen LogP contribution in [0.2, 0.25) is 5.02 Å². The molecule has 0 radical (unpaired) electrons. The van der Waals surface area contributed by atoms with E-state index in [0.29, 0.717) is 11.4 Å². The van der Waals surface area contributed by atoms with Crippen molar-refractivity contribution < 1.29 is 22.7 Å². The Balaban J connectivity index is 1.71. The van der Waals surface area contributed by atoms with Gasteiger partial charge in [-0.1, -0.05) is 54.1 Å². The van der Waals surface area contributed by atoms with Gasteiger partial charge in [-0.25, -0.2) is 4.39 Å². The minimum absolute atomic E-state index is 0.00778. The third-order valence-corrected chi connectivity index (χ3v) is 8.18. The molecule has 0 fully saturated rings. The van der Waals surface area contributed by atoms with Gasteiger partial charge in [-0.3, -0.25) is 4.79 Å². The molecular weight excluding hydrogens is 563 g/mol. The number of hydrogen-bond acceptors (Lipinski definition) is 5. The molecule has 5 N–H and O–H groups in total. The Morgan fingerprint density at radius 2 is 1.64 bits per heavy atom. The van der Waals surface area contributed by atoms with Gasteiger partial charge in [0.2, 0.25) is 5.96 Å². The van der Waals surface area contributed by atoms with Gasteiger partial charge in [-0.2, -0.15) is 8.42 Å². The number of sulfonamides is 1. The highest BCUT2D eigenvalue weighted by atomic mass is 35.5. The van der Waals surface area contributed by atoms with Crippen molar-refractivity contribution >= 4 is 56.6 Å². The number of nitrogens with two attached hydrogens (primary N) is 1. The maximum Gasteiger partial charge on any atom is 0.286 e. The molecule has 8 nitrogen and oxygen atoms in total. The number of para-hydroxylation sites is 2. The number of anilines is 2.